The Morgan fingerprint density at radius 3 is 2.27 bits per heavy atom. The molecule has 1 N–H and O–H groups in total. The minimum absolute atomic E-state index is 0.117. The number of piperidine rings is 1. The lowest BCUT2D eigenvalue weighted by Gasteiger charge is -2.21. The molecule has 0 aromatic heterocycles. The Bertz CT molecular complexity index is 591. The van der Waals surface area contributed by atoms with E-state index in [1.807, 2.05) is 20.8 Å². The maximum atomic E-state index is 12.2. The van der Waals surface area contributed by atoms with Gasteiger partial charge in [0, 0.05) is 11.5 Å². The van der Waals surface area contributed by atoms with E-state index in [0.29, 0.717) is 19.3 Å². The molecule has 0 saturated carbocycles. The molecule has 0 atom stereocenters. The first kappa shape index (κ1) is 22.0. The molecule has 146 valence electrons. The highest BCUT2D eigenvalue weighted by atomic mass is 19.4. The van der Waals surface area contributed by atoms with Crippen molar-refractivity contribution in [2.24, 2.45) is 5.92 Å². The van der Waals surface area contributed by atoms with Gasteiger partial charge in [0.25, 0.3) is 6.47 Å². The van der Waals surface area contributed by atoms with Gasteiger partial charge in [0.1, 0.15) is 11.4 Å². The maximum absolute atomic E-state index is 12.2. The summed E-state index contributed by atoms with van der Waals surface area (Å²) in [5.41, 5.74) is -0.0458. The molecular formula is C18H24F3NO4. The minimum atomic E-state index is -4.74. The van der Waals surface area contributed by atoms with E-state index in [9.17, 15) is 22.8 Å². The van der Waals surface area contributed by atoms with Gasteiger partial charge in [-0.05, 0) is 58.8 Å². The van der Waals surface area contributed by atoms with Gasteiger partial charge >= 0.3 is 6.36 Å². The Kier molecular flexibility index (Phi) is 8.08. The van der Waals surface area contributed by atoms with E-state index in [0.717, 1.165) is 19.2 Å². The van der Waals surface area contributed by atoms with Crippen LogP contribution >= 0.6 is 0 Å². The third-order valence-electron chi connectivity index (χ3n) is 3.46. The van der Waals surface area contributed by atoms with Gasteiger partial charge in [0.2, 0.25) is 0 Å². The molecule has 0 bridgehead atoms. The number of carbonyl (C=O) groups excluding carboxylic acids is 2. The Morgan fingerprint density at radius 2 is 1.81 bits per heavy atom. The van der Waals surface area contributed by atoms with Gasteiger partial charge in [-0.25, -0.2) is 0 Å². The molecular weight excluding hydrogens is 351 g/mol. The summed E-state index contributed by atoms with van der Waals surface area (Å²) in [5, 5.41) is 3.14. The summed E-state index contributed by atoms with van der Waals surface area (Å²) in [4.78, 5) is 21.8. The van der Waals surface area contributed by atoms with Gasteiger partial charge in [-0.1, -0.05) is 12.1 Å². The van der Waals surface area contributed by atoms with Gasteiger partial charge in [0.15, 0.2) is 5.78 Å². The van der Waals surface area contributed by atoms with Crippen LogP contribution in [0.1, 0.15) is 44.0 Å². The van der Waals surface area contributed by atoms with Crippen molar-refractivity contribution < 1.29 is 32.2 Å². The number of alkyl halides is 3. The molecule has 8 heteroatoms. The average molecular weight is 375 g/mol. The molecule has 5 nitrogen and oxygen atoms in total. The Balaban J connectivity index is 0.000000412. The quantitative estimate of drug-likeness (QED) is 0.642. The fourth-order valence-electron chi connectivity index (χ4n) is 2.31. The normalized spacial score (nSPS) is 15.5. The monoisotopic (exact) mass is 375 g/mol. The van der Waals surface area contributed by atoms with Crippen molar-refractivity contribution in [2.75, 3.05) is 13.1 Å². The molecule has 0 amide bonds. The number of nitrogens with one attached hydrogen (secondary N) is 1. The van der Waals surface area contributed by atoms with Crippen LogP contribution in [0.15, 0.2) is 24.3 Å². The molecule has 1 aliphatic rings. The number of hydrogen-bond donors (Lipinski definition) is 1. The fourth-order valence-corrected chi connectivity index (χ4v) is 2.31. The molecule has 26 heavy (non-hydrogen) atoms. The van der Waals surface area contributed by atoms with Crippen LogP contribution in [0.25, 0.3) is 0 Å². The minimum Gasteiger partial charge on any atom is -0.462 e. The first-order valence-electron chi connectivity index (χ1n) is 8.24. The van der Waals surface area contributed by atoms with Gasteiger partial charge in [0.05, 0.1) is 0 Å². The Morgan fingerprint density at radius 1 is 1.19 bits per heavy atom. The number of Topliss-reactive ketones (excluding diaryl/α,β-unsaturated/α-hetero) is 1. The molecule has 1 aliphatic heterocycles. The summed E-state index contributed by atoms with van der Waals surface area (Å²) < 4.78 is 44.7. The van der Waals surface area contributed by atoms with Crippen LogP contribution in [0.2, 0.25) is 0 Å². The highest BCUT2D eigenvalue weighted by Crippen LogP contribution is 2.25. The topological polar surface area (TPSA) is 64.6 Å². The molecule has 1 aromatic carbocycles. The van der Waals surface area contributed by atoms with E-state index in [4.69, 9.17) is 0 Å². The smallest absolute Gasteiger partial charge is 0.462 e. The van der Waals surface area contributed by atoms with Crippen molar-refractivity contribution in [1.29, 1.82) is 0 Å². The number of benzene rings is 1. The van der Waals surface area contributed by atoms with Crippen LogP contribution in [-0.4, -0.2) is 37.3 Å². The zero-order valence-corrected chi connectivity index (χ0v) is 15.1. The van der Waals surface area contributed by atoms with Gasteiger partial charge in [-0.15, -0.1) is 13.2 Å². The number of hydrogen-bond acceptors (Lipinski definition) is 5. The molecule has 0 unspecified atom stereocenters. The van der Waals surface area contributed by atoms with Crippen molar-refractivity contribution in [3.05, 3.63) is 29.8 Å². The molecule has 1 fully saturated rings. The molecule has 1 heterocycles. The zero-order chi connectivity index (χ0) is 19.8. The third-order valence-corrected chi connectivity index (χ3v) is 3.46. The van der Waals surface area contributed by atoms with Gasteiger partial charge < -0.3 is 14.8 Å². The number of ketones is 1. The van der Waals surface area contributed by atoms with Crippen LogP contribution < -0.4 is 10.1 Å². The van der Waals surface area contributed by atoms with Crippen LogP contribution in [0.3, 0.4) is 0 Å². The first-order valence-corrected chi connectivity index (χ1v) is 8.24. The molecule has 0 aliphatic carbocycles. The lowest BCUT2D eigenvalue weighted by Crippen LogP contribution is -2.31. The van der Waals surface area contributed by atoms with Crippen molar-refractivity contribution in [1.82, 2.24) is 5.32 Å². The van der Waals surface area contributed by atoms with E-state index in [1.54, 1.807) is 0 Å². The number of rotatable bonds is 4. The van der Waals surface area contributed by atoms with E-state index >= 15 is 0 Å². The average Bonchev–Trinajstić information content (AvgIpc) is 2.53. The summed E-state index contributed by atoms with van der Waals surface area (Å²) in [7, 11) is 0. The first-order chi connectivity index (χ1) is 12.0. The summed E-state index contributed by atoms with van der Waals surface area (Å²) in [6.45, 7) is 7.44. The molecule has 0 radical (unpaired) electrons. The van der Waals surface area contributed by atoms with E-state index in [2.05, 4.69) is 14.8 Å². The van der Waals surface area contributed by atoms with Crippen LogP contribution in [0.4, 0.5) is 13.2 Å². The predicted octanol–water partition coefficient (Wildman–Crippen LogP) is 3.73. The predicted molar refractivity (Wildman–Crippen MR) is 90.0 cm³/mol. The highest BCUT2D eigenvalue weighted by molar-refractivity contribution is 5.98. The molecule has 0 spiro atoms. The second-order valence-electron chi connectivity index (χ2n) is 6.79. The van der Waals surface area contributed by atoms with Crippen LogP contribution in [-0.2, 0) is 9.53 Å². The van der Waals surface area contributed by atoms with Gasteiger partial charge in [-0.3, -0.25) is 9.59 Å². The molecule has 1 aromatic rings. The Hall–Kier alpha value is -2.09. The van der Waals surface area contributed by atoms with E-state index < -0.39 is 6.36 Å². The summed E-state index contributed by atoms with van der Waals surface area (Å²) >= 11 is 0. The fraction of sp³-hybridized carbons (Fsp3) is 0.556. The van der Waals surface area contributed by atoms with E-state index in [1.165, 1.54) is 18.2 Å². The molecule has 2 rings (SSSR count). The Labute approximate surface area is 150 Å². The van der Waals surface area contributed by atoms with Crippen molar-refractivity contribution in [3.8, 4) is 5.75 Å². The maximum Gasteiger partial charge on any atom is 0.573 e. The SMILES string of the molecule is CC(C)(C)OC=O.O=C(c1cccc(OC(F)(F)F)c1)C1CCNCC1. The van der Waals surface area contributed by atoms with Crippen LogP contribution in [0.5, 0.6) is 5.75 Å². The largest absolute Gasteiger partial charge is 0.573 e. The lowest BCUT2D eigenvalue weighted by molar-refractivity contribution is -0.274. The second-order valence-corrected chi connectivity index (χ2v) is 6.79. The summed E-state index contributed by atoms with van der Waals surface area (Å²) in [6, 6.07) is 5.26. The summed E-state index contributed by atoms with van der Waals surface area (Å²) in [6.07, 6.45) is -3.32. The van der Waals surface area contributed by atoms with E-state index in [-0.39, 0.29) is 28.6 Å². The van der Waals surface area contributed by atoms with Crippen molar-refractivity contribution in [2.45, 2.75) is 45.6 Å². The van der Waals surface area contributed by atoms with Crippen molar-refractivity contribution >= 4 is 12.3 Å². The van der Waals surface area contributed by atoms with Crippen molar-refractivity contribution in [3.63, 3.8) is 0 Å². The lowest BCUT2D eigenvalue weighted by atomic mass is 9.89. The summed E-state index contributed by atoms with van der Waals surface area (Å²) in [5.74, 6) is -0.594. The van der Waals surface area contributed by atoms with Gasteiger partial charge in [-0.2, -0.15) is 0 Å². The third kappa shape index (κ3) is 8.84. The second kappa shape index (κ2) is 9.56. The highest BCUT2D eigenvalue weighted by Gasteiger charge is 2.31. The zero-order valence-electron chi connectivity index (χ0n) is 15.1. The standard InChI is InChI=1S/C13H14F3NO2.C5H10O2/c14-13(15,16)19-11-3-1-2-10(8-11)12(18)9-4-6-17-7-5-9;1-5(2,3)7-4-6/h1-3,8-9,17H,4-7H2;4H,1-3H3. The van der Waals surface area contributed by atoms with Crippen LogP contribution in [0, 0.1) is 5.92 Å². The molecule has 1 saturated heterocycles. The number of carbonyl (C=O) groups is 2. The number of halogens is 3. The number of ether oxygens (including phenoxy) is 2.